The van der Waals surface area contributed by atoms with Crippen molar-refractivity contribution in [2.75, 3.05) is 25.0 Å². The van der Waals surface area contributed by atoms with Crippen LogP contribution < -0.4 is 10.6 Å². The maximum absolute atomic E-state index is 12.8. The van der Waals surface area contributed by atoms with Gasteiger partial charge >= 0.3 is 0 Å². The third-order valence-electron chi connectivity index (χ3n) is 6.45. The number of amides is 2. The van der Waals surface area contributed by atoms with Crippen LogP contribution in [0.4, 0.5) is 5.69 Å². The van der Waals surface area contributed by atoms with Crippen LogP contribution in [0.1, 0.15) is 35.7 Å². The van der Waals surface area contributed by atoms with Crippen molar-refractivity contribution < 1.29 is 9.59 Å². The number of likely N-dealkylation sites (N-methyl/N-ethyl adjacent to an activating group) is 1. The second-order valence-corrected chi connectivity index (χ2v) is 9.56. The molecular weight excluding hydrogens is 430 g/mol. The van der Waals surface area contributed by atoms with Gasteiger partial charge in [-0.1, -0.05) is 61.2 Å². The quantitative estimate of drug-likeness (QED) is 0.521. The Balaban J connectivity index is 1.32. The van der Waals surface area contributed by atoms with Crippen LogP contribution in [0.5, 0.6) is 0 Å². The van der Waals surface area contributed by atoms with Gasteiger partial charge in [0.05, 0.1) is 10.6 Å². The Morgan fingerprint density at radius 1 is 1.18 bits per heavy atom. The SMILES string of the molecule is CCN1CCCC1CNC(=O)c1ccc2c(c1)NC(=O)C(=Cc1cccc3ccccc13)S2. The highest BCUT2D eigenvalue weighted by Gasteiger charge is 2.25. The zero-order chi connectivity index (χ0) is 22.8. The summed E-state index contributed by atoms with van der Waals surface area (Å²) < 4.78 is 0. The number of carbonyl (C=O) groups is 2. The minimum absolute atomic E-state index is 0.0999. The predicted octanol–water partition coefficient (Wildman–Crippen LogP) is 5.14. The third kappa shape index (κ3) is 4.54. The summed E-state index contributed by atoms with van der Waals surface area (Å²) in [4.78, 5) is 29.6. The van der Waals surface area contributed by atoms with Crippen molar-refractivity contribution in [1.29, 1.82) is 0 Å². The highest BCUT2D eigenvalue weighted by atomic mass is 32.2. The fourth-order valence-electron chi connectivity index (χ4n) is 4.67. The molecule has 0 saturated carbocycles. The fraction of sp³-hybridized carbons (Fsp3) is 0.259. The number of fused-ring (bicyclic) bond motifs is 2. The predicted molar refractivity (Wildman–Crippen MR) is 135 cm³/mol. The first kappa shape index (κ1) is 21.7. The van der Waals surface area contributed by atoms with E-state index in [4.69, 9.17) is 0 Å². The molecule has 33 heavy (non-hydrogen) atoms. The molecule has 1 fully saturated rings. The van der Waals surface area contributed by atoms with Crippen molar-refractivity contribution in [3.63, 3.8) is 0 Å². The van der Waals surface area contributed by atoms with E-state index in [1.165, 1.54) is 18.2 Å². The van der Waals surface area contributed by atoms with Crippen molar-refractivity contribution in [2.45, 2.75) is 30.7 Å². The lowest BCUT2D eigenvalue weighted by molar-refractivity contribution is -0.112. The molecule has 0 spiro atoms. The number of anilines is 1. The standard InChI is InChI=1S/C27H27N3O2S/c1-2-30-14-6-10-21(30)17-28-26(31)20-12-13-24-23(15-20)29-27(32)25(33-24)16-19-9-5-8-18-7-3-4-11-22(18)19/h3-5,7-9,11-13,15-16,21H,2,6,10,14,17H2,1H3,(H,28,31)(H,29,32). The van der Waals surface area contributed by atoms with Crippen LogP contribution in [-0.4, -0.2) is 42.4 Å². The molecule has 1 unspecified atom stereocenters. The number of thioether (sulfide) groups is 1. The van der Waals surface area contributed by atoms with Gasteiger partial charge < -0.3 is 10.6 Å². The molecule has 0 aliphatic carbocycles. The minimum Gasteiger partial charge on any atom is -0.350 e. The molecule has 0 aromatic heterocycles. The van der Waals surface area contributed by atoms with Crippen LogP contribution >= 0.6 is 11.8 Å². The molecule has 0 bridgehead atoms. The minimum atomic E-state index is -0.150. The van der Waals surface area contributed by atoms with Gasteiger partial charge in [-0.2, -0.15) is 0 Å². The zero-order valence-corrected chi connectivity index (χ0v) is 19.5. The molecule has 5 nitrogen and oxygen atoms in total. The van der Waals surface area contributed by atoms with E-state index in [1.54, 1.807) is 6.07 Å². The molecule has 6 heteroatoms. The van der Waals surface area contributed by atoms with Gasteiger partial charge in [0.25, 0.3) is 11.8 Å². The molecule has 168 valence electrons. The number of nitrogens with one attached hydrogen (secondary N) is 2. The molecule has 1 atom stereocenters. The summed E-state index contributed by atoms with van der Waals surface area (Å²) in [5.74, 6) is -0.250. The Morgan fingerprint density at radius 2 is 2.03 bits per heavy atom. The van der Waals surface area contributed by atoms with Gasteiger partial charge in [0.15, 0.2) is 0 Å². The third-order valence-corrected chi connectivity index (χ3v) is 7.55. The summed E-state index contributed by atoms with van der Waals surface area (Å²) in [6, 6.07) is 20.2. The number of nitrogens with zero attached hydrogens (tertiary/aromatic N) is 1. The van der Waals surface area contributed by atoms with Crippen molar-refractivity contribution in [1.82, 2.24) is 10.2 Å². The molecule has 2 heterocycles. The molecule has 2 aliphatic rings. The van der Waals surface area contributed by atoms with Gasteiger partial charge in [-0.15, -0.1) is 0 Å². The van der Waals surface area contributed by atoms with Crippen LogP contribution in [0.3, 0.4) is 0 Å². The maximum atomic E-state index is 12.8. The molecule has 1 saturated heterocycles. The Labute approximate surface area is 198 Å². The van der Waals surface area contributed by atoms with Gasteiger partial charge in [0.1, 0.15) is 0 Å². The highest BCUT2D eigenvalue weighted by molar-refractivity contribution is 8.04. The molecule has 2 N–H and O–H groups in total. The summed E-state index contributed by atoms with van der Waals surface area (Å²) in [5.41, 5.74) is 2.26. The average Bonchev–Trinajstić information content (AvgIpc) is 3.30. The van der Waals surface area contributed by atoms with Crippen LogP contribution in [0.2, 0.25) is 0 Å². The second-order valence-electron chi connectivity index (χ2n) is 8.48. The molecule has 2 aliphatic heterocycles. The summed E-state index contributed by atoms with van der Waals surface area (Å²) in [6.45, 7) is 4.93. The van der Waals surface area contributed by atoms with Crippen LogP contribution in [0, 0.1) is 0 Å². The number of benzene rings is 3. The zero-order valence-electron chi connectivity index (χ0n) is 18.6. The van der Waals surface area contributed by atoms with Gasteiger partial charge in [-0.05, 0) is 66.5 Å². The van der Waals surface area contributed by atoms with E-state index in [0.717, 1.165) is 40.7 Å². The number of likely N-dealkylation sites (tertiary alicyclic amines) is 1. The lowest BCUT2D eigenvalue weighted by Crippen LogP contribution is -2.40. The van der Waals surface area contributed by atoms with Crippen LogP contribution in [0.25, 0.3) is 16.8 Å². The summed E-state index contributed by atoms with van der Waals surface area (Å²) in [7, 11) is 0. The molecular formula is C27H27N3O2S. The Hall–Kier alpha value is -3.09. The first-order valence-corrected chi connectivity index (χ1v) is 12.3. The largest absolute Gasteiger partial charge is 0.350 e. The van der Waals surface area contributed by atoms with Crippen LogP contribution in [-0.2, 0) is 4.79 Å². The molecule has 2 amide bonds. The molecule has 5 rings (SSSR count). The van der Waals surface area contributed by atoms with Crippen LogP contribution in [0.15, 0.2) is 70.5 Å². The number of rotatable bonds is 5. The maximum Gasteiger partial charge on any atom is 0.262 e. The first-order valence-electron chi connectivity index (χ1n) is 11.5. The van der Waals surface area contributed by atoms with Crippen molar-refractivity contribution >= 4 is 46.1 Å². The number of hydrogen-bond donors (Lipinski definition) is 2. The number of carbonyl (C=O) groups excluding carboxylic acids is 2. The fourth-order valence-corrected chi connectivity index (χ4v) is 5.60. The Morgan fingerprint density at radius 3 is 2.91 bits per heavy atom. The lowest BCUT2D eigenvalue weighted by Gasteiger charge is -2.23. The van der Waals surface area contributed by atoms with E-state index >= 15 is 0 Å². The first-order chi connectivity index (χ1) is 16.1. The second kappa shape index (κ2) is 9.41. The van der Waals surface area contributed by atoms with E-state index < -0.39 is 0 Å². The Bertz CT molecular complexity index is 1250. The van der Waals surface area contributed by atoms with E-state index in [-0.39, 0.29) is 11.8 Å². The molecule has 3 aromatic rings. The smallest absolute Gasteiger partial charge is 0.262 e. The topological polar surface area (TPSA) is 61.4 Å². The number of hydrogen-bond acceptors (Lipinski definition) is 4. The van der Waals surface area contributed by atoms with Crippen molar-refractivity contribution in [3.05, 3.63) is 76.7 Å². The van der Waals surface area contributed by atoms with Gasteiger partial charge in [-0.25, -0.2) is 0 Å². The average molecular weight is 458 g/mol. The monoisotopic (exact) mass is 457 g/mol. The normalized spacial score (nSPS) is 19.5. The van der Waals surface area contributed by atoms with E-state index in [0.29, 0.717) is 28.7 Å². The summed E-state index contributed by atoms with van der Waals surface area (Å²) in [5, 5.41) is 8.30. The summed E-state index contributed by atoms with van der Waals surface area (Å²) in [6.07, 6.45) is 4.24. The molecule has 3 aromatic carbocycles. The summed E-state index contributed by atoms with van der Waals surface area (Å²) >= 11 is 1.44. The highest BCUT2D eigenvalue weighted by Crippen LogP contribution is 2.39. The lowest BCUT2D eigenvalue weighted by atomic mass is 10.0. The Kier molecular flexibility index (Phi) is 6.20. The van der Waals surface area contributed by atoms with Gasteiger partial charge in [-0.3, -0.25) is 14.5 Å². The van der Waals surface area contributed by atoms with E-state index in [2.05, 4.69) is 40.7 Å². The molecule has 0 radical (unpaired) electrons. The van der Waals surface area contributed by atoms with Gasteiger partial charge in [0.2, 0.25) is 0 Å². The van der Waals surface area contributed by atoms with Gasteiger partial charge in [0, 0.05) is 23.0 Å². The van der Waals surface area contributed by atoms with E-state index in [9.17, 15) is 9.59 Å². The van der Waals surface area contributed by atoms with E-state index in [1.807, 2.05) is 42.5 Å². The van der Waals surface area contributed by atoms with Crippen molar-refractivity contribution in [2.24, 2.45) is 0 Å². The van der Waals surface area contributed by atoms with Crippen molar-refractivity contribution in [3.8, 4) is 0 Å².